The number of esters is 1. The Morgan fingerprint density at radius 3 is 2.57 bits per heavy atom. The number of Topliss-reactive ketones (excluding diaryl/α,β-unsaturated/α-hetero) is 1. The van der Waals surface area contributed by atoms with Gasteiger partial charge in [-0.3, -0.25) is 9.59 Å². The molecule has 0 saturated heterocycles. The number of anilines is 1. The Kier molecular flexibility index (Phi) is 6.40. The van der Waals surface area contributed by atoms with Gasteiger partial charge < -0.3 is 19.6 Å². The Bertz CT molecular complexity index is 1020. The van der Waals surface area contributed by atoms with Crippen molar-refractivity contribution >= 4 is 23.5 Å². The summed E-state index contributed by atoms with van der Waals surface area (Å²) in [5.74, 6) is -0.957. The van der Waals surface area contributed by atoms with Crippen LogP contribution < -0.4 is 5.32 Å². The topological polar surface area (TPSA) is 117 Å². The third-order valence-electron chi connectivity index (χ3n) is 5.71. The van der Waals surface area contributed by atoms with Gasteiger partial charge in [0.05, 0.1) is 5.56 Å². The molecule has 1 saturated carbocycles. The molecule has 1 aliphatic carbocycles. The average molecular weight is 410 g/mol. The van der Waals surface area contributed by atoms with E-state index in [4.69, 9.17) is 4.74 Å². The van der Waals surface area contributed by atoms with E-state index in [1.54, 1.807) is 0 Å². The molecule has 2 heterocycles. The van der Waals surface area contributed by atoms with Crippen molar-refractivity contribution in [3.63, 3.8) is 0 Å². The van der Waals surface area contributed by atoms with Crippen LogP contribution in [0.3, 0.4) is 0 Å². The number of nitrogens with one attached hydrogen (secondary N) is 2. The highest BCUT2D eigenvalue weighted by Gasteiger charge is 2.26. The molecule has 1 aliphatic rings. The monoisotopic (exact) mass is 410 g/mol. The number of ether oxygens (including phenoxy) is 1. The third kappa shape index (κ3) is 4.30. The molecule has 0 unspecified atom stereocenters. The van der Waals surface area contributed by atoms with Crippen LogP contribution in [-0.2, 0) is 9.53 Å². The highest BCUT2D eigenvalue weighted by molar-refractivity contribution is 5.98. The van der Waals surface area contributed by atoms with E-state index < -0.39 is 18.5 Å². The third-order valence-corrected chi connectivity index (χ3v) is 5.71. The van der Waals surface area contributed by atoms with Gasteiger partial charge in [-0.15, -0.1) is 0 Å². The SMILES string of the molecule is CC(=O)c1c[nH]c(C(=O)OCC(=O)Nc2c(C#N)c(C)c(C)n2C2CCCCC2)c1. The number of nitrogens with zero attached hydrogens (tertiary/aromatic N) is 2. The second-order valence-corrected chi connectivity index (χ2v) is 7.69. The number of rotatable bonds is 6. The van der Waals surface area contributed by atoms with Gasteiger partial charge in [0.25, 0.3) is 5.91 Å². The first kappa shape index (κ1) is 21.4. The second-order valence-electron chi connectivity index (χ2n) is 7.69. The summed E-state index contributed by atoms with van der Waals surface area (Å²) in [7, 11) is 0. The van der Waals surface area contributed by atoms with E-state index in [9.17, 15) is 19.6 Å². The molecule has 2 aromatic rings. The smallest absolute Gasteiger partial charge is 0.355 e. The minimum absolute atomic E-state index is 0.1000. The van der Waals surface area contributed by atoms with Gasteiger partial charge in [-0.2, -0.15) is 5.26 Å². The highest BCUT2D eigenvalue weighted by atomic mass is 16.5. The van der Waals surface area contributed by atoms with E-state index in [0.717, 1.165) is 36.9 Å². The summed E-state index contributed by atoms with van der Waals surface area (Å²) in [6, 6.07) is 3.82. The zero-order valence-corrected chi connectivity index (χ0v) is 17.5. The molecule has 158 valence electrons. The lowest BCUT2D eigenvalue weighted by atomic mass is 9.95. The number of hydrogen-bond acceptors (Lipinski definition) is 5. The number of nitriles is 1. The fourth-order valence-corrected chi connectivity index (χ4v) is 3.97. The van der Waals surface area contributed by atoms with Crippen molar-refractivity contribution in [3.05, 3.63) is 40.3 Å². The summed E-state index contributed by atoms with van der Waals surface area (Å²) in [5, 5.41) is 12.4. The molecule has 0 spiro atoms. The van der Waals surface area contributed by atoms with Crippen LogP contribution in [0.25, 0.3) is 0 Å². The lowest BCUT2D eigenvalue weighted by Crippen LogP contribution is -2.24. The molecule has 8 heteroatoms. The molecule has 2 aromatic heterocycles. The number of carbonyl (C=O) groups excluding carboxylic acids is 3. The molecular formula is C22H26N4O4. The molecule has 30 heavy (non-hydrogen) atoms. The lowest BCUT2D eigenvalue weighted by Gasteiger charge is -2.27. The van der Waals surface area contributed by atoms with E-state index in [1.165, 1.54) is 25.6 Å². The zero-order chi connectivity index (χ0) is 21.8. The number of ketones is 1. The van der Waals surface area contributed by atoms with Crippen molar-refractivity contribution in [1.29, 1.82) is 5.26 Å². The predicted octanol–water partition coefficient (Wildman–Crippen LogP) is 3.81. The largest absolute Gasteiger partial charge is 0.451 e. The van der Waals surface area contributed by atoms with Crippen LogP contribution in [0.4, 0.5) is 5.82 Å². The van der Waals surface area contributed by atoms with Crippen molar-refractivity contribution < 1.29 is 19.1 Å². The highest BCUT2D eigenvalue weighted by Crippen LogP contribution is 2.36. The van der Waals surface area contributed by atoms with Gasteiger partial charge in [-0.1, -0.05) is 19.3 Å². The molecular weight excluding hydrogens is 384 g/mol. The fraction of sp³-hybridized carbons (Fsp3) is 0.455. The summed E-state index contributed by atoms with van der Waals surface area (Å²) >= 11 is 0. The summed E-state index contributed by atoms with van der Waals surface area (Å²) in [4.78, 5) is 38.6. The van der Waals surface area contributed by atoms with Crippen LogP contribution in [0.1, 0.15) is 82.7 Å². The van der Waals surface area contributed by atoms with Gasteiger partial charge in [-0.05, 0) is 45.2 Å². The molecule has 3 rings (SSSR count). The molecule has 1 fully saturated rings. The van der Waals surface area contributed by atoms with Gasteiger partial charge in [-0.25, -0.2) is 4.79 Å². The average Bonchev–Trinajstić information content (AvgIpc) is 3.31. The molecule has 0 radical (unpaired) electrons. The Morgan fingerprint density at radius 2 is 1.97 bits per heavy atom. The quantitative estimate of drug-likeness (QED) is 0.555. The van der Waals surface area contributed by atoms with Crippen LogP contribution in [0.15, 0.2) is 12.3 Å². The van der Waals surface area contributed by atoms with Crippen LogP contribution in [0, 0.1) is 25.2 Å². The van der Waals surface area contributed by atoms with E-state index in [1.807, 2.05) is 13.8 Å². The second kappa shape index (κ2) is 8.99. The predicted molar refractivity (Wildman–Crippen MR) is 110 cm³/mol. The Balaban J connectivity index is 1.72. The molecule has 2 N–H and O–H groups in total. The van der Waals surface area contributed by atoms with Crippen molar-refractivity contribution in [2.75, 3.05) is 11.9 Å². The van der Waals surface area contributed by atoms with Crippen molar-refractivity contribution in [3.8, 4) is 6.07 Å². The number of carbonyl (C=O) groups is 3. The minimum Gasteiger partial charge on any atom is -0.451 e. The Morgan fingerprint density at radius 1 is 1.27 bits per heavy atom. The molecule has 0 aromatic carbocycles. The van der Waals surface area contributed by atoms with Crippen LogP contribution >= 0.6 is 0 Å². The van der Waals surface area contributed by atoms with Gasteiger partial charge in [0.1, 0.15) is 17.6 Å². The van der Waals surface area contributed by atoms with E-state index in [0.29, 0.717) is 16.9 Å². The molecule has 0 bridgehead atoms. The first-order chi connectivity index (χ1) is 14.3. The number of H-pyrrole nitrogens is 1. The standard InChI is InChI=1S/C22H26N4O4/c1-13-14(2)26(17-7-5-4-6-8-17)21(18(13)10-23)25-20(28)12-30-22(29)19-9-16(11-24-19)15(3)27/h9,11,17,24H,4-8,12H2,1-3H3,(H,25,28). The molecule has 0 aliphatic heterocycles. The van der Waals surface area contributed by atoms with Gasteiger partial charge in [0, 0.05) is 23.5 Å². The van der Waals surface area contributed by atoms with Gasteiger partial charge >= 0.3 is 5.97 Å². The van der Waals surface area contributed by atoms with Gasteiger partial charge in [0.2, 0.25) is 0 Å². The van der Waals surface area contributed by atoms with Crippen molar-refractivity contribution in [1.82, 2.24) is 9.55 Å². The van der Waals surface area contributed by atoms with Crippen LogP contribution in [0.5, 0.6) is 0 Å². The van der Waals surface area contributed by atoms with Crippen molar-refractivity contribution in [2.24, 2.45) is 0 Å². The lowest BCUT2D eigenvalue weighted by molar-refractivity contribution is -0.119. The summed E-state index contributed by atoms with van der Waals surface area (Å²) in [6.45, 7) is 4.73. The fourth-order valence-electron chi connectivity index (χ4n) is 3.97. The number of amides is 1. The molecule has 1 amide bonds. The first-order valence-corrected chi connectivity index (χ1v) is 10.1. The maximum absolute atomic E-state index is 12.5. The van der Waals surface area contributed by atoms with Gasteiger partial charge in [0.15, 0.2) is 12.4 Å². The zero-order valence-electron chi connectivity index (χ0n) is 17.5. The summed E-state index contributed by atoms with van der Waals surface area (Å²) in [5.41, 5.74) is 2.71. The minimum atomic E-state index is -0.729. The maximum Gasteiger partial charge on any atom is 0.355 e. The Hall–Kier alpha value is -3.34. The number of aromatic nitrogens is 2. The summed E-state index contributed by atoms with van der Waals surface area (Å²) < 4.78 is 7.12. The first-order valence-electron chi connectivity index (χ1n) is 10.1. The van der Waals surface area contributed by atoms with E-state index in [-0.39, 0.29) is 17.5 Å². The van der Waals surface area contributed by atoms with Crippen LogP contribution in [-0.4, -0.2) is 33.8 Å². The van der Waals surface area contributed by atoms with Crippen LogP contribution in [0.2, 0.25) is 0 Å². The summed E-state index contributed by atoms with van der Waals surface area (Å²) in [6.07, 6.45) is 6.86. The maximum atomic E-state index is 12.5. The van der Waals surface area contributed by atoms with Crippen molar-refractivity contribution in [2.45, 2.75) is 58.9 Å². The Labute approximate surface area is 175 Å². The molecule has 8 nitrogen and oxygen atoms in total. The van der Waals surface area contributed by atoms with E-state index in [2.05, 4.69) is 20.9 Å². The number of aromatic amines is 1. The number of hydrogen-bond donors (Lipinski definition) is 2. The molecule has 0 atom stereocenters. The van der Waals surface area contributed by atoms with E-state index >= 15 is 0 Å². The normalized spacial score (nSPS) is 14.2.